The molecule has 0 radical (unpaired) electrons. The molecule has 1 unspecified atom stereocenters. The molecule has 1 amide bonds. The lowest BCUT2D eigenvalue weighted by atomic mass is 9.87. The van der Waals surface area contributed by atoms with E-state index in [-0.39, 0.29) is 5.92 Å². The Morgan fingerprint density at radius 3 is 2.77 bits per heavy atom. The van der Waals surface area contributed by atoms with Crippen molar-refractivity contribution >= 4 is 16.8 Å². The van der Waals surface area contributed by atoms with Gasteiger partial charge in [0.15, 0.2) is 0 Å². The van der Waals surface area contributed by atoms with Crippen LogP contribution in [0, 0.1) is 5.92 Å². The summed E-state index contributed by atoms with van der Waals surface area (Å²) in [5.41, 5.74) is 4.01. The van der Waals surface area contributed by atoms with Crippen molar-refractivity contribution in [2.24, 2.45) is 5.92 Å². The van der Waals surface area contributed by atoms with Gasteiger partial charge < -0.3 is 10.3 Å². The minimum atomic E-state index is 0.262. The second-order valence-electron chi connectivity index (χ2n) is 6.91. The standard InChI is InChI=1S/C19H24N2O/c22-19(13-6-2-1-3-7-13)20-14-10-11-18-16(12-14)15-8-4-5-9-17(15)21-18/h4-5,8-9,13-14,21H,1-3,6-7,10-12H2,(H,20,22). The first-order valence-electron chi connectivity index (χ1n) is 8.70. The Hall–Kier alpha value is -1.77. The molecule has 1 aromatic carbocycles. The molecule has 0 bridgehead atoms. The molecule has 0 saturated heterocycles. The minimum absolute atomic E-state index is 0.262. The number of aromatic nitrogens is 1. The van der Waals surface area contributed by atoms with Gasteiger partial charge in [0.05, 0.1) is 0 Å². The Labute approximate surface area is 131 Å². The number of amides is 1. The highest BCUT2D eigenvalue weighted by molar-refractivity contribution is 5.85. The molecule has 2 aliphatic rings. The molecule has 1 aromatic heterocycles. The van der Waals surface area contributed by atoms with Crippen molar-refractivity contribution < 1.29 is 4.79 Å². The van der Waals surface area contributed by atoms with E-state index in [4.69, 9.17) is 0 Å². The van der Waals surface area contributed by atoms with Gasteiger partial charge >= 0.3 is 0 Å². The van der Waals surface area contributed by atoms with Crippen molar-refractivity contribution in [1.82, 2.24) is 10.3 Å². The van der Waals surface area contributed by atoms with Crippen LogP contribution in [0.4, 0.5) is 0 Å². The van der Waals surface area contributed by atoms with Crippen LogP contribution in [0.1, 0.15) is 49.8 Å². The molecule has 116 valence electrons. The van der Waals surface area contributed by atoms with E-state index in [1.54, 1.807) is 0 Å². The van der Waals surface area contributed by atoms with Crippen molar-refractivity contribution in [1.29, 1.82) is 0 Å². The quantitative estimate of drug-likeness (QED) is 0.871. The summed E-state index contributed by atoms with van der Waals surface area (Å²) in [7, 11) is 0. The molecule has 2 aliphatic carbocycles. The van der Waals surface area contributed by atoms with Crippen LogP contribution in [0.15, 0.2) is 24.3 Å². The third-order valence-corrected chi connectivity index (χ3v) is 5.42. The SMILES string of the molecule is O=C(NC1CCc2[nH]c3ccccc3c2C1)C1CCCCC1. The summed E-state index contributed by atoms with van der Waals surface area (Å²) in [5.74, 6) is 0.561. The second-order valence-corrected chi connectivity index (χ2v) is 6.91. The Kier molecular flexibility index (Phi) is 3.65. The van der Waals surface area contributed by atoms with Crippen LogP contribution in [-0.2, 0) is 17.6 Å². The van der Waals surface area contributed by atoms with E-state index in [9.17, 15) is 4.79 Å². The van der Waals surface area contributed by atoms with Gasteiger partial charge in [-0.25, -0.2) is 0 Å². The number of fused-ring (bicyclic) bond motifs is 3. The molecule has 1 fully saturated rings. The Morgan fingerprint density at radius 1 is 1.09 bits per heavy atom. The monoisotopic (exact) mass is 296 g/mol. The molecule has 4 rings (SSSR count). The number of carbonyl (C=O) groups is 1. The minimum Gasteiger partial charge on any atom is -0.358 e. The lowest BCUT2D eigenvalue weighted by Gasteiger charge is -2.27. The van der Waals surface area contributed by atoms with E-state index in [1.807, 2.05) is 0 Å². The number of aromatic amines is 1. The Balaban J connectivity index is 1.48. The maximum absolute atomic E-state index is 12.5. The van der Waals surface area contributed by atoms with Crippen molar-refractivity contribution in [2.75, 3.05) is 0 Å². The zero-order valence-corrected chi connectivity index (χ0v) is 13.0. The first-order chi connectivity index (χ1) is 10.8. The third-order valence-electron chi connectivity index (χ3n) is 5.42. The van der Waals surface area contributed by atoms with Crippen LogP contribution in [0.25, 0.3) is 10.9 Å². The molecule has 0 spiro atoms. The highest BCUT2D eigenvalue weighted by Crippen LogP contribution is 2.30. The number of aryl methyl sites for hydroxylation is 1. The van der Waals surface area contributed by atoms with E-state index < -0.39 is 0 Å². The van der Waals surface area contributed by atoms with Gasteiger partial charge in [0.1, 0.15) is 0 Å². The zero-order chi connectivity index (χ0) is 14.9. The zero-order valence-electron chi connectivity index (χ0n) is 13.0. The normalized spacial score (nSPS) is 22.5. The summed E-state index contributed by atoms with van der Waals surface area (Å²) in [4.78, 5) is 16.0. The predicted molar refractivity (Wildman–Crippen MR) is 88.8 cm³/mol. The van der Waals surface area contributed by atoms with Crippen LogP contribution in [0.5, 0.6) is 0 Å². The maximum atomic E-state index is 12.5. The van der Waals surface area contributed by atoms with E-state index >= 15 is 0 Å². The summed E-state index contributed by atoms with van der Waals surface area (Å²) in [6.07, 6.45) is 8.96. The largest absolute Gasteiger partial charge is 0.358 e. The van der Waals surface area contributed by atoms with Gasteiger partial charge in [-0.3, -0.25) is 4.79 Å². The van der Waals surface area contributed by atoms with E-state index in [0.29, 0.717) is 11.9 Å². The summed E-state index contributed by atoms with van der Waals surface area (Å²) in [5, 5.41) is 4.66. The lowest BCUT2D eigenvalue weighted by Crippen LogP contribution is -2.42. The predicted octanol–water partition coefficient (Wildman–Crippen LogP) is 3.72. The Morgan fingerprint density at radius 2 is 1.91 bits per heavy atom. The highest BCUT2D eigenvalue weighted by atomic mass is 16.1. The van der Waals surface area contributed by atoms with E-state index in [2.05, 4.69) is 34.6 Å². The average Bonchev–Trinajstić information content (AvgIpc) is 2.94. The molecule has 2 N–H and O–H groups in total. The second kappa shape index (κ2) is 5.79. The highest BCUT2D eigenvalue weighted by Gasteiger charge is 2.27. The molecular formula is C19H24N2O. The first-order valence-corrected chi connectivity index (χ1v) is 8.70. The fraction of sp³-hybridized carbons (Fsp3) is 0.526. The fourth-order valence-electron chi connectivity index (χ4n) is 4.18. The van der Waals surface area contributed by atoms with Crippen molar-refractivity contribution in [3.8, 4) is 0 Å². The fourth-order valence-corrected chi connectivity index (χ4v) is 4.18. The molecule has 1 saturated carbocycles. The number of H-pyrrole nitrogens is 1. The number of hydrogen-bond acceptors (Lipinski definition) is 1. The molecule has 2 aromatic rings. The number of benzene rings is 1. The number of carbonyl (C=O) groups excluding carboxylic acids is 1. The van der Waals surface area contributed by atoms with Crippen LogP contribution in [0.2, 0.25) is 0 Å². The Bertz CT molecular complexity index is 682. The molecule has 1 heterocycles. The maximum Gasteiger partial charge on any atom is 0.223 e. The molecule has 3 heteroatoms. The molecular weight excluding hydrogens is 272 g/mol. The van der Waals surface area contributed by atoms with Gasteiger partial charge in [0, 0.05) is 28.6 Å². The van der Waals surface area contributed by atoms with Crippen LogP contribution in [0.3, 0.4) is 0 Å². The van der Waals surface area contributed by atoms with Crippen molar-refractivity contribution in [3.05, 3.63) is 35.5 Å². The number of rotatable bonds is 2. The lowest BCUT2D eigenvalue weighted by molar-refractivity contribution is -0.126. The topological polar surface area (TPSA) is 44.9 Å². The molecule has 22 heavy (non-hydrogen) atoms. The first kappa shape index (κ1) is 13.9. The average molecular weight is 296 g/mol. The number of hydrogen-bond donors (Lipinski definition) is 2. The third kappa shape index (κ3) is 2.53. The summed E-state index contributed by atoms with van der Waals surface area (Å²) in [6.45, 7) is 0. The summed E-state index contributed by atoms with van der Waals surface area (Å²) in [6, 6.07) is 8.81. The van der Waals surface area contributed by atoms with Gasteiger partial charge in [0.25, 0.3) is 0 Å². The summed E-state index contributed by atoms with van der Waals surface area (Å²) >= 11 is 0. The van der Waals surface area contributed by atoms with Crippen LogP contribution < -0.4 is 5.32 Å². The number of nitrogens with one attached hydrogen (secondary N) is 2. The van der Waals surface area contributed by atoms with E-state index in [1.165, 1.54) is 41.4 Å². The van der Waals surface area contributed by atoms with Crippen molar-refractivity contribution in [2.45, 2.75) is 57.4 Å². The molecule has 3 nitrogen and oxygen atoms in total. The van der Waals surface area contributed by atoms with Crippen LogP contribution >= 0.6 is 0 Å². The smallest absolute Gasteiger partial charge is 0.223 e. The van der Waals surface area contributed by atoms with Gasteiger partial charge in [-0.1, -0.05) is 37.5 Å². The van der Waals surface area contributed by atoms with E-state index in [0.717, 1.165) is 32.1 Å². The summed E-state index contributed by atoms with van der Waals surface area (Å²) < 4.78 is 0. The van der Waals surface area contributed by atoms with Crippen LogP contribution in [-0.4, -0.2) is 16.9 Å². The van der Waals surface area contributed by atoms with Gasteiger partial charge in [0.2, 0.25) is 5.91 Å². The number of para-hydroxylation sites is 1. The van der Waals surface area contributed by atoms with Gasteiger partial charge in [-0.15, -0.1) is 0 Å². The molecule has 0 aliphatic heterocycles. The van der Waals surface area contributed by atoms with Gasteiger partial charge in [-0.05, 0) is 43.7 Å². The molecule has 1 atom stereocenters. The van der Waals surface area contributed by atoms with Crippen molar-refractivity contribution in [3.63, 3.8) is 0 Å². The van der Waals surface area contributed by atoms with Gasteiger partial charge in [-0.2, -0.15) is 0 Å².